The molecule has 0 aliphatic carbocycles. The monoisotopic (exact) mass is 318 g/mol. The fourth-order valence-corrected chi connectivity index (χ4v) is 3.24. The predicted molar refractivity (Wildman–Crippen MR) is 89.7 cm³/mol. The maximum Gasteiger partial charge on any atom is 0.227 e. The third-order valence-electron chi connectivity index (χ3n) is 4.56. The van der Waals surface area contributed by atoms with E-state index in [1.807, 2.05) is 24.3 Å². The Kier molecular flexibility index (Phi) is 5.51. The number of benzene rings is 1. The van der Waals surface area contributed by atoms with E-state index in [-0.39, 0.29) is 17.9 Å². The first-order valence-corrected chi connectivity index (χ1v) is 8.59. The summed E-state index contributed by atoms with van der Waals surface area (Å²) in [6.45, 7) is 4.44. The Bertz CT molecular complexity index is 529. The van der Waals surface area contributed by atoms with Crippen LogP contribution >= 0.6 is 0 Å². The number of nitrogens with one attached hydrogen (secondary N) is 2. The van der Waals surface area contributed by atoms with Gasteiger partial charge in [-0.15, -0.1) is 0 Å². The van der Waals surface area contributed by atoms with E-state index in [9.17, 15) is 4.79 Å². The number of hydrogen-bond acceptors (Lipinski definition) is 4. The molecule has 1 amide bonds. The summed E-state index contributed by atoms with van der Waals surface area (Å²) >= 11 is 0. The Balaban J connectivity index is 1.53. The molecule has 2 saturated heterocycles. The van der Waals surface area contributed by atoms with Crippen LogP contribution in [0, 0.1) is 5.92 Å². The molecule has 0 radical (unpaired) electrons. The van der Waals surface area contributed by atoms with Gasteiger partial charge < -0.3 is 20.1 Å². The van der Waals surface area contributed by atoms with Crippen molar-refractivity contribution in [2.24, 2.45) is 5.92 Å². The van der Waals surface area contributed by atoms with Crippen LogP contribution in [0.4, 0.5) is 5.69 Å². The highest BCUT2D eigenvalue weighted by Gasteiger charge is 2.24. The molecule has 5 heteroatoms. The van der Waals surface area contributed by atoms with Crippen LogP contribution in [0.1, 0.15) is 32.6 Å². The summed E-state index contributed by atoms with van der Waals surface area (Å²) in [5, 5.41) is 6.39. The molecule has 0 saturated carbocycles. The van der Waals surface area contributed by atoms with Gasteiger partial charge in [-0.2, -0.15) is 0 Å². The molecule has 2 N–H and O–H groups in total. The minimum absolute atomic E-state index is 0.0858. The van der Waals surface area contributed by atoms with Crippen LogP contribution in [0.2, 0.25) is 0 Å². The molecule has 5 nitrogen and oxygen atoms in total. The first kappa shape index (κ1) is 16.3. The minimum atomic E-state index is 0.0858. The van der Waals surface area contributed by atoms with Crippen molar-refractivity contribution < 1.29 is 14.3 Å². The van der Waals surface area contributed by atoms with Crippen molar-refractivity contribution in [2.45, 2.75) is 44.8 Å². The molecule has 3 atom stereocenters. The first-order valence-electron chi connectivity index (χ1n) is 8.59. The van der Waals surface area contributed by atoms with Gasteiger partial charge in [0.2, 0.25) is 5.91 Å². The second-order valence-electron chi connectivity index (χ2n) is 6.54. The summed E-state index contributed by atoms with van der Waals surface area (Å²) in [7, 11) is 0. The Hall–Kier alpha value is -1.59. The van der Waals surface area contributed by atoms with E-state index in [4.69, 9.17) is 9.47 Å². The van der Waals surface area contributed by atoms with E-state index in [1.165, 1.54) is 0 Å². The van der Waals surface area contributed by atoms with Crippen LogP contribution in [-0.4, -0.2) is 37.8 Å². The number of ether oxygens (including phenoxy) is 2. The quantitative estimate of drug-likeness (QED) is 0.876. The summed E-state index contributed by atoms with van der Waals surface area (Å²) in [5.41, 5.74) is 0.797. The van der Waals surface area contributed by atoms with Crippen molar-refractivity contribution in [3.63, 3.8) is 0 Å². The van der Waals surface area contributed by atoms with Gasteiger partial charge in [-0.3, -0.25) is 4.79 Å². The molecule has 23 heavy (non-hydrogen) atoms. The molecule has 1 unspecified atom stereocenters. The van der Waals surface area contributed by atoms with Crippen molar-refractivity contribution in [1.82, 2.24) is 5.32 Å². The van der Waals surface area contributed by atoms with Crippen LogP contribution in [0.3, 0.4) is 0 Å². The third-order valence-corrected chi connectivity index (χ3v) is 4.56. The molecule has 0 spiro atoms. The summed E-state index contributed by atoms with van der Waals surface area (Å²) < 4.78 is 11.3. The number of rotatable bonds is 5. The third kappa shape index (κ3) is 4.69. The molecule has 126 valence electrons. The van der Waals surface area contributed by atoms with E-state index in [1.54, 1.807) is 0 Å². The van der Waals surface area contributed by atoms with Crippen molar-refractivity contribution >= 4 is 11.6 Å². The van der Waals surface area contributed by atoms with E-state index in [2.05, 4.69) is 17.6 Å². The largest absolute Gasteiger partial charge is 0.491 e. The standard InChI is InChI=1S/C18H26N2O3/c1-13-10-14(7-8-19-13)18(21)20-15-4-2-5-16(11-15)23-12-17-6-3-9-22-17/h2,4-5,11,13-14,17,19H,3,6-10,12H2,1H3,(H,20,21)/t13-,14-,17?/m0/s1. The van der Waals surface area contributed by atoms with Gasteiger partial charge in [-0.25, -0.2) is 0 Å². The molecular formula is C18H26N2O3. The van der Waals surface area contributed by atoms with E-state index in [0.29, 0.717) is 12.6 Å². The lowest BCUT2D eigenvalue weighted by Gasteiger charge is -2.27. The number of hydrogen-bond donors (Lipinski definition) is 2. The van der Waals surface area contributed by atoms with Crippen LogP contribution in [0.5, 0.6) is 5.75 Å². The summed E-state index contributed by atoms with van der Waals surface area (Å²) in [6, 6.07) is 8.02. The van der Waals surface area contributed by atoms with Crippen molar-refractivity contribution in [3.05, 3.63) is 24.3 Å². The lowest BCUT2D eigenvalue weighted by atomic mass is 9.92. The fourth-order valence-electron chi connectivity index (χ4n) is 3.24. The Labute approximate surface area is 137 Å². The Morgan fingerprint density at radius 2 is 2.35 bits per heavy atom. The van der Waals surface area contributed by atoms with Gasteiger partial charge in [0, 0.05) is 30.3 Å². The maximum atomic E-state index is 12.4. The van der Waals surface area contributed by atoms with Gasteiger partial charge in [-0.05, 0) is 51.3 Å². The average molecular weight is 318 g/mol. The Morgan fingerprint density at radius 3 is 3.13 bits per heavy atom. The van der Waals surface area contributed by atoms with Gasteiger partial charge in [0.15, 0.2) is 0 Å². The molecule has 0 bridgehead atoms. The zero-order chi connectivity index (χ0) is 16.1. The SMILES string of the molecule is C[C@H]1C[C@@H](C(=O)Nc2cccc(OCC3CCCO3)c2)CCN1. The summed E-state index contributed by atoms with van der Waals surface area (Å²) in [4.78, 5) is 12.4. The van der Waals surface area contributed by atoms with Crippen LogP contribution < -0.4 is 15.4 Å². The highest BCUT2D eigenvalue weighted by molar-refractivity contribution is 5.92. The lowest BCUT2D eigenvalue weighted by Crippen LogP contribution is -2.40. The topological polar surface area (TPSA) is 59.6 Å². The van der Waals surface area contributed by atoms with E-state index >= 15 is 0 Å². The zero-order valence-electron chi connectivity index (χ0n) is 13.7. The fraction of sp³-hybridized carbons (Fsp3) is 0.611. The van der Waals surface area contributed by atoms with Gasteiger partial charge in [0.05, 0.1) is 6.10 Å². The number of carbonyl (C=O) groups excluding carboxylic acids is 1. The van der Waals surface area contributed by atoms with Crippen LogP contribution in [0.25, 0.3) is 0 Å². The van der Waals surface area contributed by atoms with Crippen LogP contribution in [0.15, 0.2) is 24.3 Å². The predicted octanol–water partition coefficient (Wildman–Crippen LogP) is 2.57. The molecule has 2 aliphatic heterocycles. The molecular weight excluding hydrogens is 292 g/mol. The summed E-state index contributed by atoms with van der Waals surface area (Å²) in [5.74, 6) is 0.967. The number of piperidine rings is 1. The molecule has 1 aromatic carbocycles. The zero-order valence-corrected chi connectivity index (χ0v) is 13.7. The second-order valence-corrected chi connectivity index (χ2v) is 6.54. The minimum Gasteiger partial charge on any atom is -0.491 e. The maximum absolute atomic E-state index is 12.4. The number of anilines is 1. The molecule has 1 aromatic rings. The van der Waals surface area contributed by atoms with Gasteiger partial charge in [0.25, 0.3) is 0 Å². The van der Waals surface area contributed by atoms with Gasteiger partial charge >= 0.3 is 0 Å². The Morgan fingerprint density at radius 1 is 1.43 bits per heavy atom. The number of carbonyl (C=O) groups is 1. The first-order chi connectivity index (χ1) is 11.2. The molecule has 2 aliphatic rings. The van der Waals surface area contributed by atoms with Crippen molar-refractivity contribution in [2.75, 3.05) is 25.1 Å². The van der Waals surface area contributed by atoms with Gasteiger partial charge in [0.1, 0.15) is 12.4 Å². The van der Waals surface area contributed by atoms with Gasteiger partial charge in [-0.1, -0.05) is 6.07 Å². The number of amides is 1. The normalized spacial score (nSPS) is 27.6. The highest BCUT2D eigenvalue weighted by Crippen LogP contribution is 2.22. The van der Waals surface area contributed by atoms with E-state index < -0.39 is 0 Å². The smallest absolute Gasteiger partial charge is 0.227 e. The van der Waals surface area contributed by atoms with E-state index in [0.717, 1.165) is 50.3 Å². The highest BCUT2D eigenvalue weighted by atomic mass is 16.5. The molecule has 2 fully saturated rings. The van der Waals surface area contributed by atoms with Crippen LogP contribution in [-0.2, 0) is 9.53 Å². The lowest BCUT2D eigenvalue weighted by molar-refractivity contribution is -0.120. The molecule has 3 rings (SSSR count). The molecule has 2 heterocycles. The summed E-state index contributed by atoms with van der Waals surface area (Å²) in [6.07, 6.45) is 4.15. The molecule has 0 aromatic heterocycles. The second kappa shape index (κ2) is 7.79. The van der Waals surface area contributed by atoms with Crippen molar-refractivity contribution in [1.29, 1.82) is 0 Å². The van der Waals surface area contributed by atoms with Crippen molar-refractivity contribution in [3.8, 4) is 5.75 Å². The average Bonchev–Trinajstić information content (AvgIpc) is 3.07.